The smallest absolute Gasteiger partial charge is 0.267 e. The number of anilines is 1. The lowest BCUT2D eigenvalue weighted by atomic mass is 10.1. The van der Waals surface area contributed by atoms with E-state index in [1.807, 2.05) is 18.2 Å². The Bertz CT molecular complexity index is 617. The van der Waals surface area contributed by atoms with Gasteiger partial charge in [-0.2, -0.15) is 0 Å². The molecule has 2 atom stereocenters. The van der Waals surface area contributed by atoms with Crippen molar-refractivity contribution in [2.24, 2.45) is 0 Å². The number of nitrogens with one attached hydrogen (secondary N) is 2. The van der Waals surface area contributed by atoms with Crippen molar-refractivity contribution in [2.75, 3.05) is 30.1 Å². The molecule has 0 saturated carbocycles. The first kappa shape index (κ1) is 16.1. The number of rotatable bonds is 4. The summed E-state index contributed by atoms with van der Waals surface area (Å²) in [5.74, 6) is 2.39. The average molecular weight is 335 g/mol. The standard InChI is InChI=1S/C16H21N3O3S/c1-10-16(21)19(2)13-7-11(3-4-14(13)22-10)5-6-17-15(20)12-8-23-9-18-12/h3-4,7,10,12,18H,5-6,8-9H2,1-2H3,(H,17,20). The van der Waals surface area contributed by atoms with Gasteiger partial charge in [-0.15, -0.1) is 11.8 Å². The van der Waals surface area contributed by atoms with Gasteiger partial charge < -0.3 is 15.0 Å². The lowest BCUT2D eigenvalue weighted by Gasteiger charge is -2.30. The minimum atomic E-state index is -0.450. The molecule has 1 saturated heterocycles. The maximum absolute atomic E-state index is 12.0. The van der Waals surface area contributed by atoms with Gasteiger partial charge in [0, 0.05) is 25.2 Å². The van der Waals surface area contributed by atoms with Gasteiger partial charge in [-0.25, -0.2) is 0 Å². The predicted octanol–water partition coefficient (Wildman–Crippen LogP) is 0.751. The fourth-order valence-corrected chi connectivity index (χ4v) is 3.67. The van der Waals surface area contributed by atoms with Gasteiger partial charge in [0.1, 0.15) is 5.75 Å². The van der Waals surface area contributed by atoms with Crippen LogP contribution >= 0.6 is 11.8 Å². The minimum Gasteiger partial charge on any atom is -0.479 e. The zero-order valence-electron chi connectivity index (χ0n) is 13.3. The highest BCUT2D eigenvalue weighted by atomic mass is 32.2. The Kier molecular flexibility index (Phi) is 4.77. The van der Waals surface area contributed by atoms with E-state index in [1.54, 1.807) is 30.6 Å². The van der Waals surface area contributed by atoms with Crippen LogP contribution in [0.4, 0.5) is 5.69 Å². The van der Waals surface area contributed by atoms with E-state index >= 15 is 0 Å². The monoisotopic (exact) mass is 335 g/mol. The molecular formula is C16H21N3O3S. The first-order chi connectivity index (χ1) is 11.1. The Morgan fingerprint density at radius 3 is 3.09 bits per heavy atom. The van der Waals surface area contributed by atoms with E-state index in [0.717, 1.165) is 35.1 Å². The number of carbonyl (C=O) groups is 2. The summed E-state index contributed by atoms with van der Waals surface area (Å²) in [6.07, 6.45) is 0.269. The third-order valence-corrected chi connectivity index (χ3v) is 5.05. The largest absolute Gasteiger partial charge is 0.479 e. The van der Waals surface area contributed by atoms with E-state index in [-0.39, 0.29) is 17.9 Å². The molecule has 2 amide bonds. The highest BCUT2D eigenvalue weighted by molar-refractivity contribution is 7.99. The Morgan fingerprint density at radius 2 is 2.35 bits per heavy atom. The van der Waals surface area contributed by atoms with Gasteiger partial charge in [0.15, 0.2) is 6.10 Å². The molecule has 0 aliphatic carbocycles. The summed E-state index contributed by atoms with van der Waals surface area (Å²) >= 11 is 1.73. The number of hydrogen-bond donors (Lipinski definition) is 2. The van der Waals surface area contributed by atoms with Crippen LogP contribution in [-0.2, 0) is 16.0 Å². The number of hydrogen-bond acceptors (Lipinski definition) is 5. The molecule has 1 fully saturated rings. The molecule has 2 heterocycles. The summed E-state index contributed by atoms with van der Waals surface area (Å²) in [5.41, 5.74) is 1.85. The second-order valence-corrected chi connectivity index (χ2v) is 6.80. The normalized spacial score (nSPS) is 23.4. The van der Waals surface area contributed by atoms with Crippen molar-refractivity contribution in [1.82, 2.24) is 10.6 Å². The van der Waals surface area contributed by atoms with Crippen molar-refractivity contribution < 1.29 is 14.3 Å². The molecule has 2 aliphatic rings. The summed E-state index contributed by atoms with van der Waals surface area (Å²) in [7, 11) is 1.76. The van der Waals surface area contributed by atoms with E-state index < -0.39 is 6.10 Å². The highest BCUT2D eigenvalue weighted by Gasteiger charge is 2.28. The fraction of sp³-hybridized carbons (Fsp3) is 0.500. The predicted molar refractivity (Wildman–Crippen MR) is 90.9 cm³/mol. The van der Waals surface area contributed by atoms with Crippen molar-refractivity contribution in [2.45, 2.75) is 25.5 Å². The van der Waals surface area contributed by atoms with Crippen molar-refractivity contribution in [3.05, 3.63) is 23.8 Å². The summed E-state index contributed by atoms with van der Waals surface area (Å²) < 4.78 is 5.61. The van der Waals surface area contributed by atoms with Crippen LogP contribution in [0.1, 0.15) is 12.5 Å². The molecule has 3 rings (SSSR count). The van der Waals surface area contributed by atoms with E-state index in [9.17, 15) is 9.59 Å². The van der Waals surface area contributed by atoms with Crippen LogP contribution in [0.3, 0.4) is 0 Å². The fourth-order valence-electron chi connectivity index (χ4n) is 2.73. The van der Waals surface area contributed by atoms with Gasteiger partial charge in [-0.3, -0.25) is 14.9 Å². The second kappa shape index (κ2) is 6.80. The van der Waals surface area contributed by atoms with E-state index in [1.165, 1.54) is 0 Å². The number of likely N-dealkylation sites (N-methyl/N-ethyl adjacent to an activating group) is 1. The highest BCUT2D eigenvalue weighted by Crippen LogP contribution is 2.33. The molecule has 6 nitrogen and oxygen atoms in total. The number of nitrogens with zero attached hydrogens (tertiary/aromatic N) is 1. The van der Waals surface area contributed by atoms with Crippen molar-refractivity contribution in [3.63, 3.8) is 0 Å². The third-order valence-electron chi connectivity index (χ3n) is 4.11. The first-order valence-electron chi connectivity index (χ1n) is 7.72. The molecule has 0 radical (unpaired) electrons. The Labute approximate surface area is 139 Å². The number of benzene rings is 1. The van der Waals surface area contributed by atoms with Crippen molar-refractivity contribution in [1.29, 1.82) is 0 Å². The Hall–Kier alpha value is -1.73. The molecule has 7 heteroatoms. The molecule has 2 N–H and O–H groups in total. The maximum atomic E-state index is 12.0. The van der Waals surface area contributed by atoms with Gasteiger partial charge in [0.05, 0.1) is 11.7 Å². The molecule has 1 aromatic rings. The summed E-state index contributed by atoms with van der Waals surface area (Å²) in [5, 5.41) is 6.10. The van der Waals surface area contributed by atoms with Crippen LogP contribution in [0.15, 0.2) is 18.2 Å². The summed E-state index contributed by atoms with van der Waals surface area (Å²) in [4.78, 5) is 25.6. The van der Waals surface area contributed by atoms with E-state index in [4.69, 9.17) is 4.74 Å². The third kappa shape index (κ3) is 3.45. The molecule has 124 valence electrons. The number of ether oxygens (including phenoxy) is 1. The number of fused-ring (bicyclic) bond motifs is 1. The molecule has 2 aliphatic heterocycles. The average Bonchev–Trinajstić information content (AvgIpc) is 3.08. The maximum Gasteiger partial charge on any atom is 0.267 e. The first-order valence-corrected chi connectivity index (χ1v) is 8.87. The van der Waals surface area contributed by atoms with E-state index in [2.05, 4.69) is 10.6 Å². The quantitative estimate of drug-likeness (QED) is 0.850. The Balaban J connectivity index is 1.59. The zero-order chi connectivity index (χ0) is 16.4. The van der Waals surface area contributed by atoms with Crippen LogP contribution in [-0.4, -0.2) is 49.2 Å². The summed E-state index contributed by atoms with van der Waals surface area (Å²) in [6.45, 7) is 2.33. The molecule has 0 spiro atoms. The zero-order valence-corrected chi connectivity index (χ0v) is 14.1. The van der Waals surface area contributed by atoms with Crippen LogP contribution in [0.2, 0.25) is 0 Å². The minimum absolute atomic E-state index is 0.0484. The van der Waals surface area contributed by atoms with Crippen LogP contribution in [0.5, 0.6) is 5.75 Å². The topological polar surface area (TPSA) is 70.7 Å². The van der Waals surface area contributed by atoms with Crippen LogP contribution in [0, 0.1) is 0 Å². The molecule has 23 heavy (non-hydrogen) atoms. The van der Waals surface area contributed by atoms with Crippen molar-refractivity contribution in [3.8, 4) is 5.75 Å². The lowest BCUT2D eigenvalue weighted by Crippen LogP contribution is -2.42. The second-order valence-electron chi connectivity index (χ2n) is 5.77. The van der Waals surface area contributed by atoms with Gasteiger partial charge >= 0.3 is 0 Å². The van der Waals surface area contributed by atoms with Crippen LogP contribution in [0.25, 0.3) is 0 Å². The lowest BCUT2D eigenvalue weighted by molar-refractivity contribution is -0.125. The van der Waals surface area contributed by atoms with Gasteiger partial charge in [0.2, 0.25) is 5.91 Å². The van der Waals surface area contributed by atoms with Gasteiger partial charge in [0.25, 0.3) is 5.91 Å². The number of carbonyl (C=O) groups excluding carboxylic acids is 2. The SMILES string of the molecule is CC1Oc2ccc(CCNC(=O)C3CSCN3)cc2N(C)C1=O. The van der Waals surface area contributed by atoms with E-state index in [0.29, 0.717) is 6.54 Å². The Morgan fingerprint density at radius 1 is 1.52 bits per heavy atom. The number of amides is 2. The van der Waals surface area contributed by atoms with Gasteiger partial charge in [-0.1, -0.05) is 6.07 Å². The molecule has 2 unspecified atom stereocenters. The summed E-state index contributed by atoms with van der Waals surface area (Å²) in [6, 6.07) is 5.74. The van der Waals surface area contributed by atoms with Gasteiger partial charge in [-0.05, 0) is 31.0 Å². The van der Waals surface area contributed by atoms with Crippen molar-refractivity contribution >= 4 is 29.3 Å². The number of thioether (sulfide) groups is 1. The molecule has 0 bridgehead atoms. The molecule has 0 aromatic heterocycles. The molecular weight excluding hydrogens is 314 g/mol. The van der Waals surface area contributed by atoms with Crippen LogP contribution < -0.4 is 20.3 Å². The molecule has 1 aromatic carbocycles.